The van der Waals surface area contributed by atoms with Gasteiger partial charge in [0.05, 0.1) is 5.56 Å². The monoisotopic (exact) mass is 374 g/mol. The third kappa shape index (κ3) is 4.58. The van der Waals surface area contributed by atoms with Gasteiger partial charge in [0.25, 0.3) is 0 Å². The molecule has 0 unspecified atom stereocenters. The lowest BCUT2D eigenvalue weighted by Crippen LogP contribution is -2.20. The van der Waals surface area contributed by atoms with Gasteiger partial charge in [-0.2, -0.15) is 0 Å². The molecule has 0 aliphatic carbocycles. The Balaban J connectivity index is 1.60. The predicted octanol–water partition coefficient (Wildman–Crippen LogP) is 5.70. The van der Waals surface area contributed by atoms with Crippen LogP contribution in [-0.2, 0) is 0 Å². The lowest BCUT2D eigenvalue weighted by molar-refractivity contribution is 0.0734. The molecule has 3 rings (SSSR count). The first-order valence-corrected chi connectivity index (χ1v) is 11.8. The third-order valence-electron chi connectivity index (χ3n) is 5.26. The van der Waals surface area contributed by atoms with Crippen LogP contribution in [0, 0.1) is 11.6 Å². The molecule has 138 valence electrons. The summed E-state index contributed by atoms with van der Waals surface area (Å²) < 4.78 is 31.3. The van der Waals surface area contributed by atoms with Crippen LogP contribution in [0.4, 0.5) is 8.78 Å². The van der Waals surface area contributed by atoms with Gasteiger partial charge >= 0.3 is 5.97 Å². The van der Waals surface area contributed by atoms with Crippen LogP contribution in [0.1, 0.15) is 48.0 Å². The van der Waals surface area contributed by atoms with Crippen LogP contribution >= 0.6 is 0 Å². The molecule has 0 aromatic heterocycles. The summed E-state index contributed by atoms with van der Waals surface area (Å²) in [7, 11) is -0.494. The zero-order chi connectivity index (χ0) is 18.5. The molecule has 0 saturated carbocycles. The minimum Gasteiger partial charge on any atom is -0.423 e. The van der Waals surface area contributed by atoms with Gasteiger partial charge in [-0.1, -0.05) is 43.6 Å². The first kappa shape index (κ1) is 18.8. The van der Waals surface area contributed by atoms with E-state index in [0.717, 1.165) is 12.1 Å². The number of benzene rings is 2. The number of esters is 1. The molecule has 0 atom stereocenters. The van der Waals surface area contributed by atoms with E-state index in [4.69, 9.17) is 4.74 Å². The van der Waals surface area contributed by atoms with Crippen LogP contribution in [-0.4, -0.2) is 14.8 Å². The Morgan fingerprint density at radius 2 is 1.77 bits per heavy atom. The largest absolute Gasteiger partial charge is 0.423 e. The summed E-state index contributed by atoms with van der Waals surface area (Å²) in [6.07, 6.45) is 3.83. The summed E-state index contributed by atoms with van der Waals surface area (Å²) in [6.45, 7) is 2.28. The van der Waals surface area contributed by atoms with Gasteiger partial charge in [0.1, 0.15) is 5.75 Å². The molecule has 1 aliphatic rings. The third-order valence-corrected chi connectivity index (χ3v) is 8.96. The molecule has 0 radical (unpaired) electrons. The van der Waals surface area contributed by atoms with Crippen LogP contribution in [0.3, 0.4) is 0 Å². The molecule has 26 heavy (non-hydrogen) atoms. The van der Waals surface area contributed by atoms with E-state index in [-0.39, 0.29) is 5.75 Å². The van der Waals surface area contributed by atoms with Crippen molar-refractivity contribution < 1.29 is 18.3 Å². The van der Waals surface area contributed by atoms with Gasteiger partial charge < -0.3 is 4.74 Å². The maximum atomic E-state index is 13.2. The minimum atomic E-state index is -1.03. The summed E-state index contributed by atoms with van der Waals surface area (Å²) in [5, 5.41) is 0. The summed E-state index contributed by atoms with van der Waals surface area (Å²) in [4.78, 5) is 12.2. The lowest BCUT2D eigenvalue weighted by atomic mass is 9.93. The quantitative estimate of drug-likeness (QED) is 0.381. The van der Waals surface area contributed by atoms with Crippen LogP contribution in [0.15, 0.2) is 42.5 Å². The zero-order valence-corrected chi connectivity index (χ0v) is 16.2. The SMILES string of the molecule is CCC[Si@H]1CC[C@H](c2ccc(C(=O)Oc3ccc(F)c(F)c3)cc2)CC1. The van der Waals surface area contributed by atoms with Gasteiger partial charge in [-0.05, 0) is 48.6 Å². The van der Waals surface area contributed by atoms with E-state index < -0.39 is 26.4 Å². The van der Waals surface area contributed by atoms with Crippen molar-refractivity contribution in [3.8, 4) is 5.75 Å². The van der Waals surface area contributed by atoms with Crippen LogP contribution in [0.2, 0.25) is 18.1 Å². The molecular formula is C21H24F2O2Si. The molecule has 1 saturated heterocycles. The summed E-state index contributed by atoms with van der Waals surface area (Å²) >= 11 is 0. The van der Waals surface area contributed by atoms with Crippen molar-refractivity contribution in [3.63, 3.8) is 0 Å². The number of hydrogen-bond acceptors (Lipinski definition) is 2. The fourth-order valence-corrected chi connectivity index (χ4v) is 7.22. The zero-order valence-electron chi connectivity index (χ0n) is 15.0. The minimum absolute atomic E-state index is 0.00261. The summed E-state index contributed by atoms with van der Waals surface area (Å²) in [5.74, 6) is -1.98. The maximum Gasteiger partial charge on any atom is 0.343 e. The fourth-order valence-electron chi connectivity index (χ4n) is 3.79. The number of hydrogen-bond donors (Lipinski definition) is 0. The number of carbonyl (C=O) groups excluding carboxylic acids is 1. The normalized spacial score (nSPS) is 20.0. The maximum absolute atomic E-state index is 13.2. The van der Waals surface area contributed by atoms with E-state index in [1.807, 2.05) is 12.1 Å². The number of rotatable bonds is 5. The van der Waals surface area contributed by atoms with E-state index in [9.17, 15) is 13.6 Å². The Bertz CT molecular complexity index is 753. The topological polar surface area (TPSA) is 26.3 Å². The van der Waals surface area contributed by atoms with Gasteiger partial charge in [-0.15, -0.1) is 0 Å². The highest BCUT2D eigenvalue weighted by atomic mass is 28.3. The van der Waals surface area contributed by atoms with Gasteiger partial charge in [0.15, 0.2) is 11.6 Å². The van der Waals surface area contributed by atoms with Crippen molar-refractivity contribution >= 4 is 14.8 Å². The number of ether oxygens (including phenoxy) is 1. The Morgan fingerprint density at radius 3 is 2.38 bits per heavy atom. The Hall–Kier alpha value is -2.01. The molecule has 2 aromatic carbocycles. The molecule has 0 spiro atoms. The smallest absolute Gasteiger partial charge is 0.343 e. The van der Waals surface area contributed by atoms with E-state index in [0.29, 0.717) is 11.5 Å². The standard InChI is InChI=1S/C21H24F2O2Si/c1-2-11-26-12-9-16(10-13-26)15-3-5-17(6-4-15)21(24)25-18-7-8-19(22)20(23)14-18/h3-8,14,16,26H,2,9-13H2,1H3/t16-,26-. The first-order chi connectivity index (χ1) is 12.6. The van der Waals surface area contributed by atoms with E-state index in [2.05, 4.69) is 6.92 Å². The average molecular weight is 375 g/mol. The predicted molar refractivity (Wildman–Crippen MR) is 102 cm³/mol. The number of carbonyl (C=O) groups is 1. The van der Waals surface area contributed by atoms with Gasteiger partial charge in [-0.25, -0.2) is 13.6 Å². The van der Waals surface area contributed by atoms with Crippen molar-refractivity contribution in [2.24, 2.45) is 0 Å². The highest BCUT2D eigenvalue weighted by molar-refractivity contribution is 6.59. The molecule has 1 aliphatic heterocycles. The second-order valence-corrected chi connectivity index (χ2v) is 10.6. The first-order valence-electron chi connectivity index (χ1n) is 9.34. The van der Waals surface area contributed by atoms with E-state index in [1.165, 1.54) is 49.0 Å². The summed E-state index contributed by atoms with van der Waals surface area (Å²) in [5.41, 5.74) is 1.69. The average Bonchev–Trinajstić information content (AvgIpc) is 2.66. The number of halogens is 2. The van der Waals surface area contributed by atoms with E-state index >= 15 is 0 Å². The molecule has 1 fully saturated rings. The van der Waals surface area contributed by atoms with Crippen molar-refractivity contribution in [3.05, 3.63) is 65.2 Å². The highest BCUT2D eigenvalue weighted by Crippen LogP contribution is 2.35. The Kier molecular flexibility index (Phi) is 6.19. The molecule has 1 heterocycles. The van der Waals surface area contributed by atoms with Gasteiger partial charge in [-0.3, -0.25) is 0 Å². The molecule has 0 N–H and O–H groups in total. The van der Waals surface area contributed by atoms with Crippen LogP contribution < -0.4 is 4.74 Å². The second kappa shape index (κ2) is 8.58. The van der Waals surface area contributed by atoms with Crippen LogP contribution in [0.25, 0.3) is 0 Å². The molecule has 2 nitrogen and oxygen atoms in total. The van der Waals surface area contributed by atoms with Gasteiger partial charge in [0, 0.05) is 14.9 Å². The highest BCUT2D eigenvalue weighted by Gasteiger charge is 2.23. The molecule has 2 aromatic rings. The molecule has 5 heteroatoms. The van der Waals surface area contributed by atoms with Gasteiger partial charge in [0.2, 0.25) is 0 Å². The van der Waals surface area contributed by atoms with Crippen molar-refractivity contribution in [1.29, 1.82) is 0 Å². The Morgan fingerprint density at radius 1 is 1.08 bits per heavy atom. The van der Waals surface area contributed by atoms with Crippen LogP contribution in [0.5, 0.6) is 5.75 Å². The van der Waals surface area contributed by atoms with Crippen molar-refractivity contribution in [1.82, 2.24) is 0 Å². The Labute approximate surface area is 154 Å². The second-order valence-electron chi connectivity index (χ2n) is 7.09. The summed E-state index contributed by atoms with van der Waals surface area (Å²) in [6, 6.07) is 14.9. The van der Waals surface area contributed by atoms with Crippen molar-refractivity contribution in [2.75, 3.05) is 0 Å². The van der Waals surface area contributed by atoms with E-state index in [1.54, 1.807) is 12.1 Å². The fraction of sp³-hybridized carbons (Fsp3) is 0.381. The van der Waals surface area contributed by atoms with Crippen molar-refractivity contribution in [2.45, 2.75) is 50.2 Å². The lowest BCUT2D eigenvalue weighted by Gasteiger charge is -2.27. The molecule has 0 bridgehead atoms. The molecular weight excluding hydrogens is 350 g/mol. The molecule has 0 amide bonds.